The first-order valence-electron chi connectivity index (χ1n) is 6.20. The highest BCUT2D eigenvalue weighted by molar-refractivity contribution is 5.47. The van der Waals surface area contributed by atoms with E-state index in [4.69, 9.17) is 9.47 Å². The molecule has 2 aromatic rings. The van der Waals surface area contributed by atoms with Gasteiger partial charge in [-0.25, -0.2) is 4.39 Å². The summed E-state index contributed by atoms with van der Waals surface area (Å²) in [5, 5.41) is 10.7. The fourth-order valence-corrected chi connectivity index (χ4v) is 2.10. The Bertz CT molecular complexity index is 608. The van der Waals surface area contributed by atoms with Gasteiger partial charge in [0, 0.05) is 0 Å². The molecule has 20 heavy (non-hydrogen) atoms. The van der Waals surface area contributed by atoms with Gasteiger partial charge in [0.15, 0.2) is 11.5 Å². The predicted molar refractivity (Wildman–Crippen MR) is 74.6 cm³/mol. The van der Waals surface area contributed by atoms with Crippen molar-refractivity contribution < 1.29 is 19.0 Å². The van der Waals surface area contributed by atoms with Gasteiger partial charge >= 0.3 is 0 Å². The van der Waals surface area contributed by atoms with E-state index in [2.05, 4.69) is 0 Å². The third-order valence-corrected chi connectivity index (χ3v) is 3.33. The molecule has 0 saturated carbocycles. The maximum absolute atomic E-state index is 13.3. The van der Waals surface area contributed by atoms with Crippen molar-refractivity contribution in [1.29, 1.82) is 0 Å². The lowest BCUT2D eigenvalue weighted by Gasteiger charge is -2.25. The molecule has 2 aromatic carbocycles. The van der Waals surface area contributed by atoms with Gasteiger partial charge < -0.3 is 14.6 Å². The van der Waals surface area contributed by atoms with Crippen LogP contribution in [-0.2, 0) is 5.60 Å². The average molecular weight is 276 g/mol. The quantitative estimate of drug-likeness (QED) is 0.932. The molecule has 2 rings (SSSR count). The number of benzene rings is 2. The summed E-state index contributed by atoms with van der Waals surface area (Å²) in [4.78, 5) is 0. The fraction of sp³-hybridized carbons (Fsp3) is 0.250. The van der Waals surface area contributed by atoms with Gasteiger partial charge in [0.25, 0.3) is 0 Å². The molecular weight excluding hydrogens is 259 g/mol. The second kappa shape index (κ2) is 5.51. The van der Waals surface area contributed by atoms with Gasteiger partial charge in [-0.15, -0.1) is 0 Å². The molecule has 1 unspecified atom stereocenters. The van der Waals surface area contributed by atoms with Crippen LogP contribution in [-0.4, -0.2) is 19.3 Å². The molecule has 0 bridgehead atoms. The topological polar surface area (TPSA) is 38.7 Å². The standard InChI is InChI=1S/C16H17FO3/c1-16(18,11-5-4-6-13(17)9-11)12-7-8-14(19-2)15(10-12)20-3/h4-10,18H,1-3H3. The maximum atomic E-state index is 13.3. The molecule has 0 aliphatic rings. The van der Waals surface area contributed by atoms with E-state index in [-0.39, 0.29) is 5.82 Å². The summed E-state index contributed by atoms with van der Waals surface area (Å²) in [6, 6.07) is 11.0. The van der Waals surface area contributed by atoms with Crippen LogP contribution >= 0.6 is 0 Å². The number of hydrogen-bond donors (Lipinski definition) is 1. The van der Waals surface area contributed by atoms with Crippen molar-refractivity contribution >= 4 is 0 Å². The third-order valence-electron chi connectivity index (χ3n) is 3.33. The lowest BCUT2D eigenvalue weighted by molar-refractivity contribution is 0.101. The van der Waals surface area contributed by atoms with E-state index in [1.165, 1.54) is 19.2 Å². The molecule has 0 saturated heterocycles. The first-order valence-corrected chi connectivity index (χ1v) is 6.20. The highest BCUT2D eigenvalue weighted by Gasteiger charge is 2.27. The molecule has 4 heteroatoms. The van der Waals surface area contributed by atoms with E-state index in [1.54, 1.807) is 44.4 Å². The number of hydrogen-bond acceptors (Lipinski definition) is 3. The SMILES string of the molecule is COc1ccc(C(C)(O)c2cccc(F)c2)cc1OC. The summed E-state index contributed by atoms with van der Waals surface area (Å²) in [5.41, 5.74) is -0.243. The van der Waals surface area contributed by atoms with E-state index in [1.807, 2.05) is 0 Å². The molecular formula is C16H17FO3. The molecule has 3 nitrogen and oxygen atoms in total. The first-order chi connectivity index (χ1) is 9.48. The van der Waals surface area contributed by atoms with E-state index in [0.29, 0.717) is 22.6 Å². The molecule has 0 radical (unpaired) electrons. The van der Waals surface area contributed by atoms with Gasteiger partial charge in [-0.1, -0.05) is 18.2 Å². The zero-order valence-corrected chi connectivity index (χ0v) is 11.7. The van der Waals surface area contributed by atoms with E-state index >= 15 is 0 Å². The smallest absolute Gasteiger partial charge is 0.161 e. The van der Waals surface area contributed by atoms with Crippen LogP contribution in [0.4, 0.5) is 4.39 Å². The monoisotopic (exact) mass is 276 g/mol. The fourth-order valence-electron chi connectivity index (χ4n) is 2.10. The summed E-state index contributed by atoms with van der Waals surface area (Å²) in [7, 11) is 3.07. The van der Waals surface area contributed by atoms with Gasteiger partial charge in [-0.05, 0) is 42.3 Å². The summed E-state index contributed by atoms with van der Waals surface area (Å²) in [6.45, 7) is 1.61. The Morgan fingerprint density at radius 2 is 1.60 bits per heavy atom. The van der Waals surface area contributed by atoms with Crippen LogP contribution in [0.25, 0.3) is 0 Å². The highest BCUT2D eigenvalue weighted by atomic mass is 19.1. The molecule has 0 heterocycles. The van der Waals surface area contributed by atoms with Crippen LogP contribution in [0.5, 0.6) is 11.5 Å². The van der Waals surface area contributed by atoms with Crippen LogP contribution in [0.1, 0.15) is 18.1 Å². The second-order valence-electron chi connectivity index (χ2n) is 4.65. The molecule has 106 valence electrons. The normalized spacial score (nSPS) is 13.7. The Morgan fingerprint density at radius 1 is 0.950 bits per heavy atom. The second-order valence-corrected chi connectivity index (χ2v) is 4.65. The molecule has 0 aliphatic heterocycles. The van der Waals surface area contributed by atoms with Crippen molar-refractivity contribution in [2.75, 3.05) is 14.2 Å². The molecule has 0 amide bonds. The Balaban J connectivity index is 2.48. The predicted octanol–water partition coefficient (Wildman–Crippen LogP) is 3.10. The van der Waals surface area contributed by atoms with Gasteiger partial charge in [0.05, 0.1) is 14.2 Å². The van der Waals surface area contributed by atoms with Crippen LogP contribution in [0, 0.1) is 5.82 Å². The first kappa shape index (κ1) is 14.3. The molecule has 0 aromatic heterocycles. The van der Waals surface area contributed by atoms with Gasteiger partial charge in [-0.2, -0.15) is 0 Å². The Kier molecular flexibility index (Phi) is 3.95. The zero-order valence-electron chi connectivity index (χ0n) is 11.7. The van der Waals surface area contributed by atoms with Crippen molar-refractivity contribution in [3.63, 3.8) is 0 Å². The Morgan fingerprint density at radius 3 is 2.20 bits per heavy atom. The Hall–Kier alpha value is -2.07. The molecule has 0 aliphatic carbocycles. The van der Waals surface area contributed by atoms with Gasteiger partial charge in [0.1, 0.15) is 11.4 Å². The maximum Gasteiger partial charge on any atom is 0.161 e. The number of aliphatic hydroxyl groups is 1. The van der Waals surface area contributed by atoms with Crippen LogP contribution < -0.4 is 9.47 Å². The van der Waals surface area contributed by atoms with Crippen LogP contribution in [0.2, 0.25) is 0 Å². The van der Waals surface area contributed by atoms with Gasteiger partial charge in [0.2, 0.25) is 0 Å². The average Bonchev–Trinajstić information content (AvgIpc) is 2.46. The molecule has 0 fully saturated rings. The van der Waals surface area contributed by atoms with E-state index < -0.39 is 5.60 Å². The minimum atomic E-state index is -1.32. The van der Waals surface area contributed by atoms with Crippen molar-refractivity contribution in [3.05, 3.63) is 59.4 Å². The molecule has 1 atom stereocenters. The molecule has 1 N–H and O–H groups in total. The summed E-state index contributed by atoms with van der Waals surface area (Å²) >= 11 is 0. The summed E-state index contributed by atoms with van der Waals surface area (Å²) < 4.78 is 23.7. The minimum Gasteiger partial charge on any atom is -0.493 e. The summed E-state index contributed by atoms with van der Waals surface area (Å²) in [6.07, 6.45) is 0. The van der Waals surface area contributed by atoms with E-state index in [0.717, 1.165) is 0 Å². The lowest BCUT2D eigenvalue weighted by Crippen LogP contribution is -2.23. The lowest BCUT2D eigenvalue weighted by atomic mass is 9.88. The van der Waals surface area contributed by atoms with Crippen LogP contribution in [0.15, 0.2) is 42.5 Å². The summed E-state index contributed by atoms with van der Waals surface area (Å²) in [5.74, 6) is 0.705. The number of ether oxygens (including phenoxy) is 2. The van der Waals surface area contributed by atoms with Crippen molar-refractivity contribution in [2.24, 2.45) is 0 Å². The van der Waals surface area contributed by atoms with Crippen molar-refractivity contribution in [3.8, 4) is 11.5 Å². The van der Waals surface area contributed by atoms with Crippen LogP contribution in [0.3, 0.4) is 0 Å². The van der Waals surface area contributed by atoms with E-state index in [9.17, 15) is 9.50 Å². The van der Waals surface area contributed by atoms with Crippen molar-refractivity contribution in [1.82, 2.24) is 0 Å². The third kappa shape index (κ3) is 2.60. The minimum absolute atomic E-state index is 0.386. The number of methoxy groups -OCH3 is 2. The number of rotatable bonds is 4. The number of halogens is 1. The Labute approximate surface area is 117 Å². The van der Waals surface area contributed by atoms with Gasteiger partial charge in [-0.3, -0.25) is 0 Å². The zero-order chi connectivity index (χ0) is 14.8. The largest absolute Gasteiger partial charge is 0.493 e. The van der Waals surface area contributed by atoms with Crippen molar-refractivity contribution in [2.45, 2.75) is 12.5 Å². The highest BCUT2D eigenvalue weighted by Crippen LogP contribution is 2.35. The molecule has 0 spiro atoms.